The summed E-state index contributed by atoms with van der Waals surface area (Å²) in [5.41, 5.74) is 4.00. The van der Waals surface area contributed by atoms with Crippen molar-refractivity contribution in [3.63, 3.8) is 0 Å². The summed E-state index contributed by atoms with van der Waals surface area (Å²) < 4.78 is 5.32. The fraction of sp³-hybridized carbons (Fsp3) is 0.133. The van der Waals surface area contributed by atoms with Crippen molar-refractivity contribution in [1.29, 1.82) is 0 Å². The molecule has 0 N–H and O–H groups in total. The molecule has 2 heterocycles. The molecule has 0 radical (unpaired) electrons. The van der Waals surface area contributed by atoms with Gasteiger partial charge >= 0.3 is 0 Å². The first-order valence-electron chi connectivity index (χ1n) is 6.07. The molecule has 19 heavy (non-hydrogen) atoms. The minimum atomic E-state index is 0.510. The van der Waals surface area contributed by atoms with Crippen LogP contribution in [0.3, 0.4) is 0 Å². The van der Waals surface area contributed by atoms with Gasteiger partial charge in [0.25, 0.3) is 5.89 Å². The number of benzene rings is 1. The van der Waals surface area contributed by atoms with Crippen molar-refractivity contribution in [2.75, 3.05) is 0 Å². The standard InChI is InChI=1S/C15H13N3O/c1-10-6-7-12(11(2)9-10)15-17-14(18-19-15)13-5-3-4-8-16-13/h3-9H,1-2H3. The highest BCUT2D eigenvalue weighted by Gasteiger charge is 2.12. The molecular formula is C15H13N3O. The number of aryl methyl sites for hydroxylation is 2. The summed E-state index contributed by atoms with van der Waals surface area (Å²) >= 11 is 0. The lowest BCUT2D eigenvalue weighted by Crippen LogP contribution is -1.86. The average Bonchev–Trinajstić information content (AvgIpc) is 2.89. The van der Waals surface area contributed by atoms with E-state index in [2.05, 4.69) is 28.1 Å². The molecule has 0 atom stereocenters. The zero-order valence-corrected chi connectivity index (χ0v) is 10.8. The molecule has 3 rings (SSSR count). The fourth-order valence-electron chi connectivity index (χ4n) is 1.99. The van der Waals surface area contributed by atoms with Crippen LogP contribution in [0, 0.1) is 13.8 Å². The molecule has 0 unspecified atom stereocenters. The van der Waals surface area contributed by atoms with E-state index in [1.807, 2.05) is 37.3 Å². The third-order valence-corrected chi connectivity index (χ3v) is 2.93. The van der Waals surface area contributed by atoms with Gasteiger partial charge < -0.3 is 4.52 Å². The Hall–Kier alpha value is -2.49. The summed E-state index contributed by atoms with van der Waals surface area (Å²) in [6.45, 7) is 4.09. The summed E-state index contributed by atoms with van der Waals surface area (Å²) in [5.74, 6) is 1.04. The van der Waals surface area contributed by atoms with E-state index >= 15 is 0 Å². The van der Waals surface area contributed by atoms with E-state index in [0.29, 0.717) is 17.4 Å². The molecule has 4 heteroatoms. The molecule has 0 bridgehead atoms. The predicted octanol–water partition coefficient (Wildman–Crippen LogP) is 3.42. The van der Waals surface area contributed by atoms with E-state index in [1.54, 1.807) is 6.20 Å². The second-order valence-corrected chi connectivity index (χ2v) is 4.46. The Morgan fingerprint density at radius 2 is 1.95 bits per heavy atom. The van der Waals surface area contributed by atoms with Crippen molar-refractivity contribution < 1.29 is 4.52 Å². The van der Waals surface area contributed by atoms with Gasteiger partial charge in [0.2, 0.25) is 5.82 Å². The van der Waals surface area contributed by atoms with Crippen LogP contribution >= 0.6 is 0 Å². The summed E-state index contributed by atoms with van der Waals surface area (Å²) in [4.78, 5) is 8.61. The molecule has 0 spiro atoms. The maximum absolute atomic E-state index is 5.32. The van der Waals surface area contributed by atoms with E-state index in [9.17, 15) is 0 Å². The number of nitrogens with zero attached hydrogens (tertiary/aromatic N) is 3. The molecule has 0 amide bonds. The summed E-state index contributed by atoms with van der Waals surface area (Å²) in [6, 6.07) is 11.7. The van der Waals surface area contributed by atoms with Crippen LogP contribution in [0.15, 0.2) is 47.1 Å². The molecule has 0 aliphatic heterocycles. The molecule has 0 saturated heterocycles. The van der Waals surface area contributed by atoms with Gasteiger partial charge in [-0.3, -0.25) is 4.98 Å². The van der Waals surface area contributed by atoms with Crippen molar-refractivity contribution in [2.45, 2.75) is 13.8 Å². The van der Waals surface area contributed by atoms with E-state index in [-0.39, 0.29) is 0 Å². The van der Waals surface area contributed by atoms with Crippen LogP contribution in [0.1, 0.15) is 11.1 Å². The normalized spacial score (nSPS) is 10.6. The molecule has 0 saturated carbocycles. The van der Waals surface area contributed by atoms with E-state index in [1.165, 1.54) is 5.56 Å². The lowest BCUT2D eigenvalue weighted by Gasteiger charge is -2.01. The number of rotatable bonds is 2. The third-order valence-electron chi connectivity index (χ3n) is 2.93. The Morgan fingerprint density at radius 1 is 1.05 bits per heavy atom. The largest absolute Gasteiger partial charge is 0.334 e. The molecular weight excluding hydrogens is 238 g/mol. The van der Waals surface area contributed by atoms with Crippen molar-refractivity contribution >= 4 is 0 Å². The van der Waals surface area contributed by atoms with Crippen molar-refractivity contribution in [3.05, 3.63) is 53.7 Å². The maximum Gasteiger partial charge on any atom is 0.258 e. The van der Waals surface area contributed by atoms with Gasteiger partial charge in [-0.25, -0.2) is 0 Å². The predicted molar refractivity (Wildman–Crippen MR) is 72.4 cm³/mol. The fourth-order valence-corrected chi connectivity index (χ4v) is 1.99. The first-order valence-corrected chi connectivity index (χ1v) is 6.07. The van der Waals surface area contributed by atoms with Crippen molar-refractivity contribution in [2.24, 2.45) is 0 Å². The van der Waals surface area contributed by atoms with Gasteiger partial charge in [-0.2, -0.15) is 4.98 Å². The SMILES string of the molecule is Cc1ccc(-c2nc(-c3ccccn3)no2)c(C)c1. The van der Waals surface area contributed by atoms with Crippen molar-refractivity contribution in [3.8, 4) is 23.0 Å². The van der Waals surface area contributed by atoms with Crippen LogP contribution in [-0.2, 0) is 0 Å². The van der Waals surface area contributed by atoms with E-state index < -0.39 is 0 Å². The van der Waals surface area contributed by atoms with Crippen LogP contribution in [0.2, 0.25) is 0 Å². The molecule has 0 aliphatic carbocycles. The van der Waals surface area contributed by atoms with Gasteiger partial charge in [-0.05, 0) is 37.6 Å². The van der Waals surface area contributed by atoms with E-state index in [0.717, 1.165) is 11.1 Å². The van der Waals surface area contributed by atoms with E-state index in [4.69, 9.17) is 4.52 Å². The Kier molecular flexibility index (Phi) is 2.83. The molecule has 4 nitrogen and oxygen atoms in total. The lowest BCUT2D eigenvalue weighted by molar-refractivity contribution is 0.432. The first kappa shape index (κ1) is 11.6. The second-order valence-electron chi connectivity index (χ2n) is 4.46. The molecule has 0 fully saturated rings. The van der Waals surface area contributed by atoms with Gasteiger partial charge in [0.05, 0.1) is 0 Å². The first-order chi connectivity index (χ1) is 9.24. The molecule has 3 aromatic rings. The number of hydrogen-bond acceptors (Lipinski definition) is 4. The smallest absolute Gasteiger partial charge is 0.258 e. The van der Waals surface area contributed by atoms with Gasteiger partial charge in [0.15, 0.2) is 0 Å². The van der Waals surface area contributed by atoms with Crippen LogP contribution in [0.5, 0.6) is 0 Å². The summed E-state index contributed by atoms with van der Waals surface area (Å²) in [6.07, 6.45) is 1.71. The average molecular weight is 251 g/mol. The molecule has 94 valence electrons. The highest BCUT2D eigenvalue weighted by molar-refractivity contribution is 5.61. The lowest BCUT2D eigenvalue weighted by atomic mass is 10.1. The highest BCUT2D eigenvalue weighted by atomic mass is 16.5. The summed E-state index contributed by atoms with van der Waals surface area (Å²) in [5, 5.41) is 3.98. The summed E-state index contributed by atoms with van der Waals surface area (Å²) in [7, 11) is 0. The minimum absolute atomic E-state index is 0.510. The Bertz CT molecular complexity index is 704. The van der Waals surface area contributed by atoms with Gasteiger partial charge in [-0.15, -0.1) is 0 Å². The Morgan fingerprint density at radius 3 is 2.68 bits per heavy atom. The zero-order chi connectivity index (χ0) is 13.2. The van der Waals surface area contributed by atoms with Crippen LogP contribution in [0.25, 0.3) is 23.0 Å². The van der Waals surface area contributed by atoms with Gasteiger partial charge in [0.1, 0.15) is 5.69 Å². The highest BCUT2D eigenvalue weighted by Crippen LogP contribution is 2.24. The van der Waals surface area contributed by atoms with Crippen LogP contribution in [-0.4, -0.2) is 15.1 Å². The molecule has 0 aliphatic rings. The number of pyridine rings is 1. The second kappa shape index (κ2) is 4.65. The van der Waals surface area contributed by atoms with Gasteiger partial charge in [0, 0.05) is 11.8 Å². The monoisotopic (exact) mass is 251 g/mol. The topological polar surface area (TPSA) is 51.8 Å². The molecule has 1 aromatic carbocycles. The Labute approximate surface area is 111 Å². The maximum atomic E-state index is 5.32. The number of hydrogen-bond donors (Lipinski definition) is 0. The quantitative estimate of drug-likeness (QED) is 0.700. The third kappa shape index (κ3) is 2.25. The zero-order valence-electron chi connectivity index (χ0n) is 10.8. The Balaban J connectivity index is 2.02. The number of aromatic nitrogens is 3. The molecule has 2 aromatic heterocycles. The van der Waals surface area contributed by atoms with Crippen molar-refractivity contribution in [1.82, 2.24) is 15.1 Å². The minimum Gasteiger partial charge on any atom is -0.334 e. The van der Waals surface area contributed by atoms with Crippen LogP contribution < -0.4 is 0 Å². The van der Waals surface area contributed by atoms with Gasteiger partial charge in [-0.1, -0.05) is 28.9 Å². The van der Waals surface area contributed by atoms with Crippen LogP contribution in [0.4, 0.5) is 0 Å².